The number of halogens is 2. The summed E-state index contributed by atoms with van der Waals surface area (Å²) in [6, 6.07) is 7.11. The Kier molecular flexibility index (Phi) is 9.12. The zero-order valence-electron chi connectivity index (χ0n) is 21.2. The van der Waals surface area contributed by atoms with Crippen molar-refractivity contribution in [1.82, 2.24) is 14.6 Å². The topological polar surface area (TPSA) is 158 Å². The first kappa shape index (κ1) is 30.2. The maximum Gasteiger partial charge on any atom is 0.459 e. The maximum atomic E-state index is 16.0. The highest BCUT2D eigenvalue weighted by Crippen LogP contribution is 2.52. The van der Waals surface area contributed by atoms with E-state index < -0.39 is 67.6 Å². The van der Waals surface area contributed by atoms with Gasteiger partial charge in [0.05, 0.1) is 6.10 Å². The van der Waals surface area contributed by atoms with Gasteiger partial charge in [0, 0.05) is 18.3 Å². The third-order valence-corrected chi connectivity index (χ3v) is 7.02. The Labute approximate surface area is 221 Å². The van der Waals surface area contributed by atoms with E-state index in [9.17, 15) is 24.1 Å². The second-order valence-electron chi connectivity index (χ2n) is 8.86. The number of hydrogen-bond donors (Lipinski definition) is 3. The largest absolute Gasteiger partial charge is 0.462 e. The van der Waals surface area contributed by atoms with Crippen LogP contribution in [0.3, 0.4) is 0 Å². The molecule has 0 aliphatic carbocycles. The molecular formula is C24H28F2N3O9P. The summed E-state index contributed by atoms with van der Waals surface area (Å²) in [7, 11) is -4.64. The first-order valence-electron chi connectivity index (χ1n) is 11.6. The van der Waals surface area contributed by atoms with Crippen molar-refractivity contribution in [2.24, 2.45) is 0 Å². The van der Waals surface area contributed by atoms with E-state index in [1.54, 1.807) is 32.0 Å². The number of nitrogens with zero attached hydrogens (tertiary/aromatic N) is 1. The van der Waals surface area contributed by atoms with Gasteiger partial charge in [0.25, 0.3) is 11.4 Å². The maximum absolute atomic E-state index is 16.0. The SMILES string of the molecule is C=C=CC1(F)C(n2ccc(=O)[nH]c2=O)OC(F)(COP(=O)(NC(C)C(=O)OC(C)C)Oc2ccccc2)C1O. The Hall–Kier alpha value is -3.38. The number of aliphatic hydroxyl groups is 1. The minimum absolute atomic E-state index is 0.00524. The summed E-state index contributed by atoms with van der Waals surface area (Å²) in [6.07, 6.45) is -3.96. The Balaban J connectivity index is 1.93. The van der Waals surface area contributed by atoms with Crippen molar-refractivity contribution in [3.63, 3.8) is 0 Å². The number of carbonyl (C=O) groups excluding carboxylic acids is 1. The van der Waals surface area contributed by atoms with E-state index in [2.05, 4.69) is 17.4 Å². The number of nitrogens with one attached hydrogen (secondary N) is 2. The summed E-state index contributed by atoms with van der Waals surface area (Å²) in [5.41, 5.74) is -3.05. The fourth-order valence-electron chi connectivity index (χ4n) is 3.61. The van der Waals surface area contributed by atoms with Crippen LogP contribution in [0.2, 0.25) is 0 Å². The van der Waals surface area contributed by atoms with E-state index >= 15 is 8.78 Å². The molecule has 3 rings (SSSR count). The van der Waals surface area contributed by atoms with Crippen LogP contribution in [0.4, 0.5) is 8.78 Å². The van der Waals surface area contributed by atoms with Crippen LogP contribution in [0.15, 0.2) is 70.6 Å². The molecule has 0 spiro atoms. The van der Waals surface area contributed by atoms with Crippen molar-refractivity contribution in [3.05, 3.63) is 81.8 Å². The van der Waals surface area contributed by atoms with Crippen molar-refractivity contribution >= 4 is 13.7 Å². The predicted octanol–water partition coefficient (Wildman–Crippen LogP) is 2.27. The van der Waals surface area contributed by atoms with Gasteiger partial charge in [0.15, 0.2) is 12.3 Å². The summed E-state index contributed by atoms with van der Waals surface area (Å²) in [6.45, 7) is 6.30. The van der Waals surface area contributed by atoms with E-state index in [1.807, 2.05) is 4.98 Å². The van der Waals surface area contributed by atoms with Gasteiger partial charge < -0.3 is 19.1 Å². The lowest BCUT2D eigenvalue weighted by Crippen LogP contribution is -2.48. The number of rotatable bonds is 11. The number of aliphatic hydroxyl groups excluding tert-OH is 1. The highest BCUT2D eigenvalue weighted by atomic mass is 31.2. The highest BCUT2D eigenvalue weighted by Gasteiger charge is 2.66. The van der Waals surface area contributed by atoms with Crippen LogP contribution >= 0.6 is 7.75 Å². The predicted molar refractivity (Wildman–Crippen MR) is 133 cm³/mol. The van der Waals surface area contributed by atoms with Crippen LogP contribution in [0.5, 0.6) is 5.75 Å². The second-order valence-corrected chi connectivity index (χ2v) is 10.6. The average Bonchev–Trinajstić information content (AvgIpc) is 3.05. The van der Waals surface area contributed by atoms with Gasteiger partial charge in [-0.05, 0) is 32.9 Å². The van der Waals surface area contributed by atoms with Gasteiger partial charge in [0.2, 0.25) is 5.67 Å². The zero-order chi connectivity index (χ0) is 29.0. The Bertz CT molecular complexity index is 1390. The summed E-state index contributed by atoms with van der Waals surface area (Å²) in [5.74, 6) is -4.25. The fourth-order valence-corrected chi connectivity index (χ4v) is 5.12. The van der Waals surface area contributed by atoms with Gasteiger partial charge in [-0.2, -0.15) is 5.09 Å². The van der Waals surface area contributed by atoms with Gasteiger partial charge >= 0.3 is 19.4 Å². The van der Waals surface area contributed by atoms with Crippen molar-refractivity contribution in [2.75, 3.05) is 6.61 Å². The van der Waals surface area contributed by atoms with Crippen LogP contribution in [-0.4, -0.2) is 57.0 Å². The molecule has 39 heavy (non-hydrogen) atoms. The highest BCUT2D eigenvalue weighted by molar-refractivity contribution is 7.52. The summed E-state index contributed by atoms with van der Waals surface area (Å²) >= 11 is 0. The van der Waals surface area contributed by atoms with E-state index in [4.69, 9.17) is 18.5 Å². The Morgan fingerprint density at radius 3 is 2.56 bits per heavy atom. The van der Waals surface area contributed by atoms with Crippen molar-refractivity contribution in [1.29, 1.82) is 0 Å². The van der Waals surface area contributed by atoms with Gasteiger partial charge in [0.1, 0.15) is 18.4 Å². The third kappa shape index (κ3) is 6.80. The minimum atomic E-state index is -4.64. The first-order chi connectivity index (χ1) is 18.2. The number of carbonyl (C=O) groups is 1. The van der Waals surface area contributed by atoms with Crippen LogP contribution in [0.1, 0.15) is 27.0 Å². The van der Waals surface area contributed by atoms with Crippen molar-refractivity contribution in [3.8, 4) is 5.75 Å². The zero-order valence-corrected chi connectivity index (χ0v) is 22.1. The fraction of sp³-hybridized carbons (Fsp3) is 0.417. The number of H-pyrrole nitrogens is 1. The molecule has 2 aromatic rings. The van der Waals surface area contributed by atoms with Crippen LogP contribution in [0, 0.1) is 0 Å². The molecule has 1 aliphatic rings. The normalized spacial score (nSPS) is 26.8. The van der Waals surface area contributed by atoms with Crippen molar-refractivity contribution in [2.45, 2.75) is 56.8 Å². The molecule has 0 saturated carbocycles. The van der Waals surface area contributed by atoms with Crippen molar-refractivity contribution < 1.29 is 41.8 Å². The quantitative estimate of drug-likeness (QED) is 0.208. The van der Waals surface area contributed by atoms with Gasteiger partial charge in [-0.1, -0.05) is 24.8 Å². The molecule has 1 saturated heterocycles. The molecule has 3 N–H and O–H groups in total. The molecule has 212 valence electrons. The number of aromatic amines is 1. The molecule has 0 radical (unpaired) electrons. The molecule has 0 amide bonds. The lowest BCUT2D eigenvalue weighted by Gasteiger charge is -2.28. The van der Waals surface area contributed by atoms with E-state index in [0.29, 0.717) is 10.6 Å². The number of benzene rings is 1. The summed E-state index contributed by atoms with van der Waals surface area (Å²) in [5, 5.41) is 13.0. The van der Waals surface area contributed by atoms with Crippen LogP contribution < -0.4 is 20.9 Å². The van der Waals surface area contributed by atoms with E-state index in [0.717, 1.165) is 12.3 Å². The molecule has 0 bridgehead atoms. The van der Waals surface area contributed by atoms with Gasteiger partial charge in [-0.3, -0.25) is 23.7 Å². The molecular weight excluding hydrogens is 543 g/mol. The monoisotopic (exact) mass is 571 g/mol. The molecule has 6 atom stereocenters. The van der Waals surface area contributed by atoms with Gasteiger partial charge in [-0.25, -0.2) is 18.1 Å². The molecule has 15 heteroatoms. The van der Waals surface area contributed by atoms with Gasteiger partial charge in [-0.15, -0.1) is 5.73 Å². The number of esters is 1. The van der Waals surface area contributed by atoms with Crippen LogP contribution in [-0.2, 0) is 23.4 Å². The summed E-state index contributed by atoms with van der Waals surface area (Å²) < 4.78 is 66.9. The number of alkyl halides is 2. The molecule has 1 fully saturated rings. The van der Waals surface area contributed by atoms with E-state index in [-0.39, 0.29) is 5.75 Å². The number of aromatic nitrogens is 2. The molecule has 1 aromatic heterocycles. The summed E-state index contributed by atoms with van der Waals surface area (Å²) in [4.78, 5) is 37.9. The molecule has 1 aliphatic heterocycles. The number of para-hydroxylation sites is 1. The molecule has 12 nitrogen and oxygen atoms in total. The molecule has 6 unspecified atom stereocenters. The Morgan fingerprint density at radius 2 is 1.97 bits per heavy atom. The number of hydrogen-bond acceptors (Lipinski definition) is 9. The smallest absolute Gasteiger partial charge is 0.459 e. The second kappa shape index (κ2) is 11.8. The lowest BCUT2D eigenvalue weighted by molar-refractivity contribution is -0.204. The standard InChI is InChI=1S/C24H28F2N3O9P/c1-5-12-23(25)20(32)24(26,37-21(23)29-13-11-18(30)27-22(29)33)14-35-39(34,38-17-9-7-6-8-10-17)28-16(4)19(31)36-15(2)3/h6-13,15-16,20-21,32H,1,14H2,2-4H3,(H,28,34)(H,27,30,33). The molecule has 1 aromatic carbocycles. The van der Waals surface area contributed by atoms with Crippen LogP contribution in [0.25, 0.3) is 0 Å². The van der Waals surface area contributed by atoms with E-state index in [1.165, 1.54) is 19.1 Å². The number of ether oxygens (including phenoxy) is 2. The lowest BCUT2D eigenvalue weighted by atomic mass is 9.95. The average molecular weight is 571 g/mol. The first-order valence-corrected chi connectivity index (χ1v) is 13.2. The minimum Gasteiger partial charge on any atom is -0.462 e. The molecule has 2 heterocycles. The Morgan fingerprint density at radius 1 is 1.31 bits per heavy atom. The third-order valence-electron chi connectivity index (χ3n) is 5.40.